The first-order chi connectivity index (χ1) is 5.20. The summed E-state index contributed by atoms with van der Waals surface area (Å²) in [6.45, 7) is 3.84. The van der Waals surface area contributed by atoms with Gasteiger partial charge < -0.3 is 4.90 Å². The number of amides is 1. The first-order valence-electron chi connectivity index (χ1n) is 3.83. The topological polar surface area (TPSA) is 44.1 Å². The SMILES string of the molecule is CC(C#N)N(C=O)[C@H]1C[C@H]1C. The molecule has 0 heterocycles. The molecule has 11 heavy (non-hydrogen) atoms. The lowest BCUT2D eigenvalue weighted by Crippen LogP contribution is -2.33. The van der Waals surface area contributed by atoms with Gasteiger partial charge in [0, 0.05) is 6.04 Å². The quantitative estimate of drug-likeness (QED) is 0.560. The minimum atomic E-state index is -0.276. The van der Waals surface area contributed by atoms with E-state index in [-0.39, 0.29) is 6.04 Å². The van der Waals surface area contributed by atoms with Crippen LogP contribution >= 0.6 is 0 Å². The summed E-state index contributed by atoms with van der Waals surface area (Å²) >= 11 is 0. The van der Waals surface area contributed by atoms with Crippen LogP contribution in [0.25, 0.3) is 0 Å². The summed E-state index contributed by atoms with van der Waals surface area (Å²) < 4.78 is 0. The van der Waals surface area contributed by atoms with Gasteiger partial charge in [-0.1, -0.05) is 6.92 Å². The molecule has 1 unspecified atom stereocenters. The van der Waals surface area contributed by atoms with Crippen LogP contribution in [0.3, 0.4) is 0 Å². The maximum atomic E-state index is 10.5. The number of hydrogen-bond acceptors (Lipinski definition) is 2. The van der Waals surface area contributed by atoms with E-state index < -0.39 is 0 Å². The van der Waals surface area contributed by atoms with E-state index in [1.54, 1.807) is 11.8 Å². The zero-order chi connectivity index (χ0) is 8.43. The zero-order valence-corrected chi connectivity index (χ0v) is 6.82. The predicted octanol–water partition coefficient (Wildman–Crippen LogP) is 0.765. The van der Waals surface area contributed by atoms with E-state index in [1.807, 2.05) is 0 Å². The van der Waals surface area contributed by atoms with Crippen LogP contribution in [0.15, 0.2) is 0 Å². The molecule has 0 aromatic carbocycles. The summed E-state index contributed by atoms with van der Waals surface area (Å²) in [6, 6.07) is 2.10. The van der Waals surface area contributed by atoms with Crippen LogP contribution in [-0.2, 0) is 4.79 Å². The molecule has 0 N–H and O–H groups in total. The van der Waals surface area contributed by atoms with Crippen molar-refractivity contribution in [2.75, 3.05) is 0 Å². The normalized spacial score (nSPS) is 30.3. The van der Waals surface area contributed by atoms with E-state index in [9.17, 15) is 4.79 Å². The fourth-order valence-corrected chi connectivity index (χ4v) is 1.24. The van der Waals surface area contributed by atoms with Crippen molar-refractivity contribution in [1.29, 1.82) is 5.26 Å². The van der Waals surface area contributed by atoms with Gasteiger partial charge >= 0.3 is 0 Å². The maximum absolute atomic E-state index is 10.5. The molecule has 1 saturated carbocycles. The van der Waals surface area contributed by atoms with E-state index in [4.69, 9.17) is 5.26 Å². The van der Waals surface area contributed by atoms with Gasteiger partial charge in [0.25, 0.3) is 0 Å². The molecular weight excluding hydrogens is 140 g/mol. The van der Waals surface area contributed by atoms with Crippen LogP contribution in [0.5, 0.6) is 0 Å². The molecule has 0 aromatic rings. The Bertz CT molecular complexity index is 197. The molecule has 1 aliphatic rings. The summed E-state index contributed by atoms with van der Waals surface area (Å²) in [5.74, 6) is 0.580. The van der Waals surface area contributed by atoms with Crippen molar-refractivity contribution in [2.45, 2.75) is 32.4 Å². The molecule has 1 fully saturated rings. The van der Waals surface area contributed by atoms with Gasteiger partial charge in [0.2, 0.25) is 6.41 Å². The van der Waals surface area contributed by atoms with Crippen molar-refractivity contribution in [3.8, 4) is 6.07 Å². The number of rotatable bonds is 3. The van der Waals surface area contributed by atoms with Gasteiger partial charge in [0.05, 0.1) is 6.07 Å². The molecule has 0 bridgehead atoms. The van der Waals surface area contributed by atoms with Crippen LogP contribution in [0, 0.1) is 17.2 Å². The average molecular weight is 152 g/mol. The third kappa shape index (κ3) is 1.51. The van der Waals surface area contributed by atoms with Gasteiger partial charge in [0.1, 0.15) is 6.04 Å². The minimum Gasteiger partial charge on any atom is -0.326 e. The molecule has 3 heteroatoms. The first kappa shape index (κ1) is 8.06. The van der Waals surface area contributed by atoms with Gasteiger partial charge in [-0.3, -0.25) is 4.79 Å². The Balaban J connectivity index is 2.51. The predicted molar refractivity (Wildman–Crippen MR) is 40.5 cm³/mol. The second-order valence-corrected chi connectivity index (χ2v) is 3.14. The molecule has 60 valence electrons. The summed E-state index contributed by atoms with van der Waals surface area (Å²) in [6.07, 6.45) is 1.83. The monoisotopic (exact) mass is 152 g/mol. The smallest absolute Gasteiger partial charge is 0.211 e. The molecular formula is C8H12N2O. The molecule has 0 spiro atoms. The summed E-state index contributed by atoms with van der Waals surface area (Å²) in [5.41, 5.74) is 0. The first-order valence-corrected chi connectivity index (χ1v) is 3.83. The fraction of sp³-hybridized carbons (Fsp3) is 0.750. The molecule has 0 radical (unpaired) electrons. The number of hydrogen-bond donors (Lipinski definition) is 0. The fourth-order valence-electron chi connectivity index (χ4n) is 1.24. The highest BCUT2D eigenvalue weighted by atomic mass is 16.1. The lowest BCUT2D eigenvalue weighted by molar-refractivity contribution is -0.119. The highest BCUT2D eigenvalue weighted by Gasteiger charge is 2.39. The number of nitrogens with zero attached hydrogens (tertiary/aromatic N) is 2. The third-order valence-corrected chi connectivity index (χ3v) is 2.21. The number of carbonyl (C=O) groups is 1. The Kier molecular flexibility index (Phi) is 2.13. The molecule has 0 aliphatic heterocycles. The van der Waals surface area contributed by atoms with Gasteiger partial charge in [0.15, 0.2) is 0 Å². The molecule has 0 saturated heterocycles. The summed E-state index contributed by atoms with van der Waals surface area (Å²) in [7, 11) is 0. The lowest BCUT2D eigenvalue weighted by Gasteiger charge is -2.18. The van der Waals surface area contributed by atoms with Crippen molar-refractivity contribution in [1.82, 2.24) is 4.90 Å². The Labute approximate surface area is 66.6 Å². The van der Waals surface area contributed by atoms with E-state index in [1.165, 1.54) is 0 Å². The Hall–Kier alpha value is -1.04. The zero-order valence-electron chi connectivity index (χ0n) is 6.82. The maximum Gasteiger partial charge on any atom is 0.211 e. The van der Waals surface area contributed by atoms with Crippen LogP contribution < -0.4 is 0 Å². The van der Waals surface area contributed by atoms with Crippen molar-refractivity contribution >= 4 is 6.41 Å². The largest absolute Gasteiger partial charge is 0.326 e. The van der Waals surface area contributed by atoms with Crippen molar-refractivity contribution in [3.05, 3.63) is 0 Å². The van der Waals surface area contributed by atoms with E-state index >= 15 is 0 Å². The van der Waals surface area contributed by atoms with Crippen LogP contribution in [0.4, 0.5) is 0 Å². The van der Waals surface area contributed by atoms with Crippen LogP contribution in [0.2, 0.25) is 0 Å². The van der Waals surface area contributed by atoms with Gasteiger partial charge in [-0.2, -0.15) is 5.26 Å². The lowest BCUT2D eigenvalue weighted by atomic mass is 10.3. The number of carbonyl (C=O) groups excluding carboxylic acids is 1. The van der Waals surface area contributed by atoms with Crippen LogP contribution in [-0.4, -0.2) is 23.4 Å². The highest BCUT2D eigenvalue weighted by molar-refractivity contribution is 5.50. The van der Waals surface area contributed by atoms with Gasteiger partial charge in [-0.15, -0.1) is 0 Å². The highest BCUT2D eigenvalue weighted by Crippen LogP contribution is 2.34. The van der Waals surface area contributed by atoms with Crippen molar-refractivity contribution < 1.29 is 4.79 Å². The average Bonchev–Trinajstić information content (AvgIpc) is 2.68. The van der Waals surface area contributed by atoms with Gasteiger partial charge in [-0.25, -0.2) is 0 Å². The molecule has 1 aliphatic carbocycles. The van der Waals surface area contributed by atoms with E-state index in [0.29, 0.717) is 12.0 Å². The standard InChI is InChI=1S/C8H12N2O/c1-6-3-8(6)10(5-11)7(2)4-9/h5-8H,3H2,1-2H3/t6-,7?,8+/m1/s1. The summed E-state index contributed by atoms with van der Waals surface area (Å²) in [5, 5.41) is 8.55. The molecule has 1 amide bonds. The third-order valence-electron chi connectivity index (χ3n) is 2.21. The minimum absolute atomic E-state index is 0.276. The summed E-state index contributed by atoms with van der Waals surface area (Å²) in [4.78, 5) is 12.1. The van der Waals surface area contributed by atoms with E-state index in [0.717, 1.165) is 12.8 Å². The Morgan fingerprint density at radius 3 is 2.64 bits per heavy atom. The van der Waals surface area contributed by atoms with Crippen molar-refractivity contribution in [2.24, 2.45) is 5.92 Å². The second-order valence-electron chi connectivity index (χ2n) is 3.14. The molecule has 1 rings (SSSR count). The van der Waals surface area contributed by atoms with Crippen LogP contribution in [0.1, 0.15) is 20.3 Å². The van der Waals surface area contributed by atoms with Crippen molar-refractivity contribution in [3.63, 3.8) is 0 Å². The molecule has 3 atom stereocenters. The number of nitriles is 1. The second kappa shape index (κ2) is 2.91. The molecule has 0 aromatic heterocycles. The molecule has 3 nitrogen and oxygen atoms in total. The van der Waals surface area contributed by atoms with E-state index in [2.05, 4.69) is 13.0 Å². The Morgan fingerprint density at radius 2 is 2.36 bits per heavy atom. The Morgan fingerprint density at radius 1 is 1.82 bits per heavy atom. The van der Waals surface area contributed by atoms with Gasteiger partial charge in [-0.05, 0) is 19.3 Å².